The number of H-pyrrole nitrogens is 1. The van der Waals surface area contributed by atoms with Crippen LogP contribution in [0.15, 0.2) is 57.8 Å². The van der Waals surface area contributed by atoms with Gasteiger partial charge >= 0.3 is 0 Å². The molecule has 0 aliphatic rings. The van der Waals surface area contributed by atoms with E-state index in [1.807, 2.05) is 23.4 Å². The Morgan fingerprint density at radius 1 is 1.09 bits per heavy atom. The summed E-state index contributed by atoms with van der Waals surface area (Å²) in [7, 11) is 0. The zero-order valence-corrected chi connectivity index (χ0v) is 17.5. The van der Waals surface area contributed by atoms with E-state index in [4.69, 9.17) is 4.52 Å². The summed E-state index contributed by atoms with van der Waals surface area (Å²) in [5.74, 6) is -2.52. The molecule has 0 aliphatic heterocycles. The van der Waals surface area contributed by atoms with E-state index in [9.17, 15) is 23.5 Å². The standard InChI is InChI=1S/C23H25F2N3O4/c1-2-14-4-3-5-15(6-14)12-26-13-20(29)19(9-16-7-17(24)10-18(25)8-16)27-23(31)21-11-22(30)28-32-21/h3-8,10-11,19-20,26,29H,2,9,12-13H2,1H3,(H,27,31)(H,28,30)/t19-,20+/m0/s1. The van der Waals surface area contributed by atoms with Gasteiger partial charge in [0.05, 0.1) is 18.2 Å². The highest BCUT2D eigenvalue weighted by Crippen LogP contribution is 2.13. The zero-order valence-electron chi connectivity index (χ0n) is 17.5. The molecular weight excluding hydrogens is 420 g/mol. The third kappa shape index (κ3) is 6.60. The number of aromatic amines is 1. The molecule has 0 radical (unpaired) electrons. The minimum absolute atomic E-state index is 0.0385. The van der Waals surface area contributed by atoms with Gasteiger partial charge in [0.2, 0.25) is 5.76 Å². The van der Waals surface area contributed by atoms with Crippen molar-refractivity contribution < 1.29 is 23.2 Å². The van der Waals surface area contributed by atoms with Crippen LogP contribution in [-0.4, -0.2) is 34.9 Å². The molecule has 1 aromatic heterocycles. The van der Waals surface area contributed by atoms with E-state index in [0.29, 0.717) is 6.54 Å². The van der Waals surface area contributed by atoms with Crippen LogP contribution in [0, 0.1) is 11.6 Å². The van der Waals surface area contributed by atoms with Crippen LogP contribution in [-0.2, 0) is 19.4 Å². The van der Waals surface area contributed by atoms with Crippen molar-refractivity contribution >= 4 is 5.91 Å². The van der Waals surface area contributed by atoms with E-state index in [1.165, 1.54) is 5.56 Å². The van der Waals surface area contributed by atoms with Crippen molar-refractivity contribution in [2.75, 3.05) is 6.54 Å². The molecule has 0 fully saturated rings. The van der Waals surface area contributed by atoms with Crippen LogP contribution >= 0.6 is 0 Å². The van der Waals surface area contributed by atoms with Crippen molar-refractivity contribution in [1.29, 1.82) is 0 Å². The van der Waals surface area contributed by atoms with Gasteiger partial charge in [0.1, 0.15) is 11.6 Å². The monoisotopic (exact) mass is 445 g/mol. The fourth-order valence-electron chi connectivity index (χ4n) is 3.37. The lowest BCUT2D eigenvalue weighted by Crippen LogP contribution is -2.48. The molecule has 0 bridgehead atoms. The summed E-state index contributed by atoms with van der Waals surface area (Å²) in [6.07, 6.45) is -0.224. The molecular formula is C23H25F2N3O4. The Morgan fingerprint density at radius 3 is 2.47 bits per heavy atom. The minimum Gasteiger partial charge on any atom is -0.390 e. The number of aliphatic hydroxyl groups is 1. The van der Waals surface area contributed by atoms with E-state index in [1.54, 1.807) is 0 Å². The van der Waals surface area contributed by atoms with Crippen molar-refractivity contribution in [1.82, 2.24) is 15.8 Å². The van der Waals surface area contributed by atoms with Crippen LogP contribution in [0.1, 0.15) is 34.2 Å². The van der Waals surface area contributed by atoms with Gasteiger partial charge in [-0.1, -0.05) is 31.2 Å². The predicted octanol–water partition coefficient (Wildman–Crippen LogP) is 2.30. The highest BCUT2D eigenvalue weighted by Gasteiger charge is 2.24. The van der Waals surface area contributed by atoms with Crippen LogP contribution in [0.2, 0.25) is 0 Å². The maximum absolute atomic E-state index is 13.6. The van der Waals surface area contributed by atoms with Crippen molar-refractivity contribution in [3.63, 3.8) is 0 Å². The largest absolute Gasteiger partial charge is 0.390 e. The van der Waals surface area contributed by atoms with Crippen LogP contribution in [0.3, 0.4) is 0 Å². The minimum atomic E-state index is -1.09. The fraction of sp³-hybridized carbons (Fsp3) is 0.304. The number of aromatic nitrogens is 1. The van der Waals surface area contributed by atoms with Crippen LogP contribution in [0.4, 0.5) is 8.78 Å². The average molecular weight is 445 g/mol. The molecule has 0 saturated carbocycles. The normalized spacial score (nSPS) is 13.0. The maximum atomic E-state index is 13.6. The van der Waals surface area contributed by atoms with E-state index in [0.717, 1.165) is 36.2 Å². The van der Waals surface area contributed by atoms with Gasteiger partial charge in [-0.15, -0.1) is 0 Å². The van der Waals surface area contributed by atoms with Gasteiger partial charge in [-0.05, 0) is 41.7 Å². The molecule has 0 aliphatic carbocycles. The Bertz CT molecular complexity index is 1090. The van der Waals surface area contributed by atoms with E-state index < -0.39 is 35.2 Å². The third-order valence-corrected chi connectivity index (χ3v) is 4.99. The van der Waals surface area contributed by atoms with Gasteiger partial charge < -0.3 is 20.3 Å². The highest BCUT2D eigenvalue weighted by atomic mass is 19.1. The van der Waals surface area contributed by atoms with Gasteiger partial charge in [-0.2, -0.15) is 5.16 Å². The fourth-order valence-corrected chi connectivity index (χ4v) is 3.37. The van der Waals surface area contributed by atoms with Crippen LogP contribution in [0.25, 0.3) is 0 Å². The Balaban J connectivity index is 1.69. The smallest absolute Gasteiger partial charge is 0.290 e. The van der Waals surface area contributed by atoms with Crippen LogP contribution < -0.4 is 16.2 Å². The second-order valence-electron chi connectivity index (χ2n) is 7.51. The summed E-state index contributed by atoms with van der Waals surface area (Å²) < 4.78 is 32.0. The summed E-state index contributed by atoms with van der Waals surface area (Å²) >= 11 is 0. The molecule has 1 amide bonds. The quantitative estimate of drug-likeness (QED) is 0.383. The predicted molar refractivity (Wildman–Crippen MR) is 114 cm³/mol. The maximum Gasteiger partial charge on any atom is 0.290 e. The number of aryl methyl sites for hydroxylation is 1. The number of halogens is 2. The number of hydrogen-bond acceptors (Lipinski definition) is 5. The first-order chi connectivity index (χ1) is 15.3. The molecule has 4 N–H and O–H groups in total. The Labute approximate surface area is 183 Å². The highest BCUT2D eigenvalue weighted by molar-refractivity contribution is 5.91. The van der Waals surface area contributed by atoms with Crippen LogP contribution in [0.5, 0.6) is 0 Å². The second kappa shape index (κ2) is 10.8. The Morgan fingerprint density at radius 2 is 1.81 bits per heavy atom. The molecule has 9 heteroatoms. The number of amides is 1. The summed E-state index contributed by atoms with van der Waals surface area (Å²) in [4.78, 5) is 23.6. The molecule has 0 saturated heterocycles. The summed E-state index contributed by atoms with van der Waals surface area (Å²) in [6.45, 7) is 2.66. The lowest BCUT2D eigenvalue weighted by atomic mass is 10.00. The summed E-state index contributed by atoms with van der Waals surface area (Å²) in [5, 5.41) is 18.4. The molecule has 0 spiro atoms. The Hall–Kier alpha value is -3.30. The number of rotatable bonds is 10. The first-order valence-corrected chi connectivity index (χ1v) is 10.2. The van der Waals surface area contributed by atoms with Gasteiger partial charge in [-0.3, -0.25) is 9.59 Å². The van der Waals surface area contributed by atoms with Gasteiger partial charge in [0, 0.05) is 19.2 Å². The number of aliphatic hydroxyl groups excluding tert-OH is 1. The number of benzene rings is 2. The molecule has 170 valence electrons. The number of carbonyl (C=O) groups excluding carboxylic acids is 1. The van der Waals surface area contributed by atoms with Crippen molar-refractivity contribution in [3.8, 4) is 0 Å². The topological polar surface area (TPSA) is 107 Å². The number of hydrogen-bond donors (Lipinski definition) is 4. The molecule has 2 aromatic carbocycles. The molecule has 0 unspecified atom stereocenters. The molecule has 2 atom stereocenters. The molecule has 3 aromatic rings. The first kappa shape index (κ1) is 23.4. The van der Waals surface area contributed by atoms with Crippen molar-refractivity contribution in [3.05, 3.63) is 93.0 Å². The molecule has 7 nitrogen and oxygen atoms in total. The van der Waals surface area contributed by atoms with Gasteiger partial charge in [0.15, 0.2) is 0 Å². The SMILES string of the molecule is CCc1cccc(CNC[C@@H](O)[C@H](Cc2cc(F)cc(F)c2)NC(=O)c2cc(=O)[nH]o2)c1. The Kier molecular flexibility index (Phi) is 7.91. The molecule has 1 heterocycles. The van der Waals surface area contributed by atoms with Gasteiger partial charge in [-0.25, -0.2) is 8.78 Å². The van der Waals surface area contributed by atoms with Crippen molar-refractivity contribution in [2.24, 2.45) is 0 Å². The van der Waals surface area contributed by atoms with E-state index in [2.05, 4.69) is 23.6 Å². The molecule has 3 rings (SSSR count). The third-order valence-electron chi connectivity index (χ3n) is 4.99. The lowest BCUT2D eigenvalue weighted by molar-refractivity contribution is 0.0796. The zero-order chi connectivity index (χ0) is 23.1. The summed E-state index contributed by atoms with van der Waals surface area (Å²) in [5.41, 5.74) is 1.91. The second-order valence-corrected chi connectivity index (χ2v) is 7.51. The summed E-state index contributed by atoms with van der Waals surface area (Å²) in [6, 6.07) is 11.1. The first-order valence-electron chi connectivity index (χ1n) is 10.2. The number of carbonyl (C=O) groups is 1. The van der Waals surface area contributed by atoms with Gasteiger partial charge in [0.25, 0.3) is 11.5 Å². The number of nitrogens with one attached hydrogen (secondary N) is 3. The van der Waals surface area contributed by atoms with Crippen molar-refractivity contribution in [2.45, 2.75) is 38.5 Å². The van der Waals surface area contributed by atoms with E-state index >= 15 is 0 Å². The lowest BCUT2D eigenvalue weighted by Gasteiger charge is -2.24. The van der Waals surface area contributed by atoms with E-state index in [-0.39, 0.29) is 24.3 Å². The average Bonchev–Trinajstić information content (AvgIpc) is 3.19. The molecule has 32 heavy (non-hydrogen) atoms.